The maximum Gasteiger partial charge on any atom is 0.266 e. The summed E-state index contributed by atoms with van der Waals surface area (Å²) in [5, 5.41) is 4.29. The van der Waals surface area contributed by atoms with Gasteiger partial charge in [-0.25, -0.2) is 4.98 Å². The van der Waals surface area contributed by atoms with E-state index in [9.17, 15) is 9.59 Å². The quantitative estimate of drug-likeness (QED) is 0.381. The molecule has 8 nitrogen and oxygen atoms in total. The first-order valence-electron chi connectivity index (χ1n) is 7.88. The predicted molar refractivity (Wildman–Crippen MR) is 103 cm³/mol. The number of pyridine rings is 1. The van der Waals surface area contributed by atoms with Crippen LogP contribution in [0, 0.1) is 0 Å². The van der Waals surface area contributed by atoms with Gasteiger partial charge in [0.25, 0.3) is 11.5 Å². The normalized spacial score (nSPS) is 12.1. The summed E-state index contributed by atoms with van der Waals surface area (Å²) in [6.45, 7) is 1.85. The van der Waals surface area contributed by atoms with Gasteiger partial charge in [-0.3, -0.25) is 14.6 Å². The topological polar surface area (TPSA) is 140 Å². The number of nitrogens with two attached hydrogens (primary N) is 2. The van der Waals surface area contributed by atoms with Crippen LogP contribution in [0.15, 0.2) is 46.5 Å². The molecule has 6 N–H and O–H groups in total. The molecule has 0 bridgehead atoms. The number of hydrogen-bond donors (Lipinski definition) is 4. The van der Waals surface area contributed by atoms with E-state index in [-0.39, 0.29) is 17.4 Å². The number of thioether (sulfide) groups is 1. The molecule has 2 heterocycles. The van der Waals surface area contributed by atoms with Crippen LogP contribution in [0.4, 0.5) is 11.5 Å². The van der Waals surface area contributed by atoms with E-state index in [1.54, 1.807) is 12.3 Å². The molecule has 0 saturated carbocycles. The number of primary amides is 1. The molecule has 0 aliphatic carbocycles. The number of nitrogens with one attached hydrogen (secondary N) is 2. The average Bonchev–Trinajstić information content (AvgIpc) is 2.59. The van der Waals surface area contributed by atoms with Crippen molar-refractivity contribution in [3.63, 3.8) is 0 Å². The Bertz CT molecular complexity index is 1020. The smallest absolute Gasteiger partial charge is 0.266 e. The van der Waals surface area contributed by atoms with E-state index in [0.29, 0.717) is 16.6 Å². The second-order valence-electron chi connectivity index (χ2n) is 5.78. The van der Waals surface area contributed by atoms with Gasteiger partial charge in [0.2, 0.25) is 0 Å². The predicted octanol–water partition coefficient (Wildman–Crippen LogP) is 1.60. The van der Waals surface area contributed by atoms with Gasteiger partial charge >= 0.3 is 0 Å². The van der Waals surface area contributed by atoms with Crippen molar-refractivity contribution >= 4 is 40.1 Å². The van der Waals surface area contributed by atoms with Crippen molar-refractivity contribution in [3.8, 4) is 0 Å². The van der Waals surface area contributed by atoms with Crippen LogP contribution in [0.5, 0.6) is 0 Å². The van der Waals surface area contributed by atoms with Crippen LogP contribution >= 0.6 is 11.8 Å². The molecule has 3 rings (SSSR count). The summed E-state index contributed by atoms with van der Waals surface area (Å²) in [6.07, 6.45) is 1.71. The molecule has 1 atom stereocenters. The molecule has 9 heteroatoms. The molecule has 1 amide bonds. The first kappa shape index (κ1) is 17.9. The molecule has 0 fully saturated rings. The lowest BCUT2D eigenvalue weighted by Gasteiger charge is -2.11. The van der Waals surface area contributed by atoms with E-state index in [1.807, 2.05) is 31.2 Å². The second-order valence-corrected chi connectivity index (χ2v) is 6.79. The van der Waals surface area contributed by atoms with Crippen LogP contribution in [0.1, 0.15) is 17.3 Å². The van der Waals surface area contributed by atoms with Crippen LogP contribution in [-0.2, 0) is 0 Å². The van der Waals surface area contributed by atoms with Gasteiger partial charge in [-0.05, 0) is 31.2 Å². The number of H-pyrrole nitrogens is 1. The van der Waals surface area contributed by atoms with Gasteiger partial charge in [0.05, 0.1) is 5.52 Å². The van der Waals surface area contributed by atoms with Crippen molar-refractivity contribution in [2.24, 2.45) is 11.5 Å². The monoisotopic (exact) mass is 370 g/mol. The highest BCUT2D eigenvalue weighted by atomic mass is 32.2. The summed E-state index contributed by atoms with van der Waals surface area (Å²) in [7, 11) is 0. The first-order chi connectivity index (χ1) is 12.4. The fourth-order valence-electron chi connectivity index (χ4n) is 2.34. The van der Waals surface area contributed by atoms with Gasteiger partial charge in [0.1, 0.15) is 5.56 Å². The second kappa shape index (κ2) is 7.54. The molecule has 0 aliphatic heterocycles. The van der Waals surface area contributed by atoms with E-state index in [4.69, 9.17) is 11.5 Å². The van der Waals surface area contributed by atoms with Gasteiger partial charge in [0.15, 0.2) is 11.0 Å². The lowest BCUT2D eigenvalue weighted by molar-refractivity contribution is 0.0999. The largest absolute Gasteiger partial charge is 0.365 e. The highest BCUT2D eigenvalue weighted by Crippen LogP contribution is 2.23. The maximum absolute atomic E-state index is 12.3. The Kier molecular flexibility index (Phi) is 5.19. The zero-order valence-corrected chi connectivity index (χ0v) is 14.8. The summed E-state index contributed by atoms with van der Waals surface area (Å²) in [5.74, 6) is -0.177. The summed E-state index contributed by atoms with van der Waals surface area (Å²) >= 11 is 1.30. The lowest BCUT2D eigenvalue weighted by Crippen LogP contribution is -2.27. The third kappa shape index (κ3) is 4.01. The molecule has 1 aromatic carbocycles. The van der Waals surface area contributed by atoms with E-state index in [2.05, 4.69) is 20.3 Å². The summed E-state index contributed by atoms with van der Waals surface area (Å²) in [5.41, 5.74) is 11.8. The molecule has 0 radical (unpaired) electrons. The highest BCUT2D eigenvalue weighted by Gasteiger charge is 2.17. The minimum atomic E-state index is -0.854. The van der Waals surface area contributed by atoms with E-state index < -0.39 is 11.5 Å². The number of amides is 1. The number of anilines is 2. The van der Waals surface area contributed by atoms with Crippen LogP contribution in [0.2, 0.25) is 0 Å². The molecule has 26 heavy (non-hydrogen) atoms. The van der Waals surface area contributed by atoms with E-state index >= 15 is 0 Å². The van der Waals surface area contributed by atoms with E-state index in [1.165, 1.54) is 11.8 Å². The maximum atomic E-state index is 12.3. The number of carbonyl (C=O) groups is 1. The standard InChI is InChI=1S/C17H18N6O2S/c1-9(18)8-26-17-22-15(13(14(19)24)16(25)23-17)21-11-4-5-12-10(7-11)3-2-6-20-12/h2-7,9H,8,18H2,1H3,(H2,19,24)(H2,21,22,23,25)/t9-/m0/s1. The number of benzene rings is 1. The molecular formula is C17H18N6O2S. The summed E-state index contributed by atoms with van der Waals surface area (Å²) < 4.78 is 0. The summed E-state index contributed by atoms with van der Waals surface area (Å²) in [6, 6.07) is 9.15. The lowest BCUT2D eigenvalue weighted by atomic mass is 10.2. The van der Waals surface area contributed by atoms with Crippen molar-refractivity contribution in [2.45, 2.75) is 18.1 Å². The van der Waals surface area contributed by atoms with Gasteiger partial charge in [0, 0.05) is 29.1 Å². The third-order valence-electron chi connectivity index (χ3n) is 3.49. The minimum Gasteiger partial charge on any atom is -0.365 e. The number of nitrogens with zero attached hydrogens (tertiary/aromatic N) is 2. The molecule has 0 saturated heterocycles. The Balaban J connectivity index is 2.00. The molecule has 0 aliphatic rings. The van der Waals surface area contributed by atoms with Crippen LogP contribution in [0.25, 0.3) is 10.9 Å². The minimum absolute atomic E-state index is 0.0643. The van der Waals surface area contributed by atoms with Crippen molar-refractivity contribution < 1.29 is 4.79 Å². The van der Waals surface area contributed by atoms with Gasteiger partial charge in [-0.15, -0.1) is 0 Å². The average molecular weight is 370 g/mol. The number of aromatic amines is 1. The van der Waals surface area contributed by atoms with Crippen LogP contribution in [0.3, 0.4) is 0 Å². The Morgan fingerprint density at radius 1 is 1.38 bits per heavy atom. The van der Waals surface area contributed by atoms with E-state index in [0.717, 1.165) is 10.9 Å². The molecule has 2 aromatic heterocycles. The number of fused-ring (bicyclic) bond motifs is 1. The Labute approximate surface area is 153 Å². The fraction of sp³-hybridized carbons (Fsp3) is 0.176. The molecule has 3 aromatic rings. The zero-order chi connectivity index (χ0) is 18.7. The molecule has 0 spiro atoms. The molecular weight excluding hydrogens is 352 g/mol. The van der Waals surface area contributed by atoms with Crippen molar-refractivity contribution in [1.82, 2.24) is 15.0 Å². The zero-order valence-electron chi connectivity index (χ0n) is 14.0. The SMILES string of the molecule is C[C@H](N)CSc1nc(Nc2ccc3ncccc3c2)c(C(N)=O)c(=O)[nH]1. The number of rotatable bonds is 6. The van der Waals surface area contributed by atoms with Crippen molar-refractivity contribution in [3.05, 3.63) is 52.4 Å². The highest BCUT2D eigenvalue weighted by molar-refractivity contribution is 7.99. The number of carbonyl (C=O) groups excluding carboxylic acids is 1. The van der Waals surface area contributed by atoms with Gasteiger partial charge in [-0.2, -0.15) is 0 Å². The number of hydrogen-bond acceptors (Lipinski definition) is 7. The Hall–Kier alpha value is -2.91. The van der Waals surface area contributed by atoms with Gasteiger partial charge in [-0.1, -0.05) is 17.8 Å². The Morgan fingerprint density at radius 3 is 2.92 bits per heavy atom. The molecule has 0 unspecified atom stereocenters. The van der Waals surface area contributed by atoms with Crippen molar-refractivity contribution in [2.75, 3.05) is 11.1 Å². The van der Waals surface area contributed by atoms with Crippen LogP contribution in [-0.4, -0.2) is 32.7 Å². The fourth-order valence-corrected chi connectivity index (χ4v) is 3.08. The Morgan fingerprint density at radius 2 is 2.19 bits per heavy atom. The number of aromatic nitrogens is 3. The summed E-state index contributed by atoms with van der Waals surface area (Å²) in [4.78, 5) is 35.1. The third-order valence-corrected chi connectivity index (χ3v) is 4.65. The van der Waals surface area contributed by atoms with Crippen molar-refractivity contribution in [1.29, 1.82) is 0 Å². The van der Waals surface area contributed by atoms with Crippen LogP contribution < -0.4 is 22.3 Å². The first-order valence-corrected chi connectivity index (χ1v) is 8.87. The van der Waals surface area contributed by atoms with Gasteiger partial charge < -0.3 is 21.8 Å². The molecule has 134 valence electrons.